The lowest BCUT2D eigenvalue weighted by Gasteiger charge is -2.08. The van der Waals surface area contributed by atoms with Gasteiger partial charge in [0.1, 0.15) is 5.82 Å². The number of ether oxygens (including phenoxy) is 1. The van der Waals surface area contributed by atoms with Crippen LogP contribution in [0.4, 0.5) is 10.1 Å². The molecule has 0 aliphatic carbocycles. The zero-order valence-electron chi connectivity index (χ0n) is 9.97. The maximum atomic E-state index is 12.9. The molecule has 2 N–H and O–H groups in total. The van der Waals surface area contributed by atoms with Crippen molar-refractivity contribution in [3.8, 4) is 11.5 Å². The zero-order valence-corrected chi connectivity index (χ0v) is 9.97. The lowest BCUT2D eigenvalue weighted by molar-refractivity contribution is -0.118. The topological polar surface area (TPSA) is 58.6 Å². The van der Waals surface area contributed by atoms with Crippen LogP contribution in [0.5, 0.6) is 11.5 Å². The molecule has 0 atom stereocenters. The number of anilines is 1. The van der Waals surface area contributed by atoms with Crippen LogP contribution in [-0.2, 0) is 4.79 Å². The van der Waals surface area contributed by atoms with Crippen LogP contribution in [0.2, 0.25) is 0 Å². The third-order valence-electron chi connectivity index (χ3n) is 2.33. The van der Waals surface area contributed by atoms with E-state index in [0.29, 0.717) is 5.69 Å². The van der Waals surface area contributed by atoms with Gasteiger partial charge in [0, 0.05) is 5.69 Å². The van der Waals surface area contributed by atoms with Gasteiger partial charge >= 0.3 is 0 Å². The second-order valence-electron chi connectivity index (χ2n) is 3.81. The van der Waals surface area contributed by atoms with Crippen LogP contribution in [0.3, 0.4) is 0 Å². The SMILES string of the molecule is O=C(COc1ccccc1O)Nc1cccc(F)c1. The Balaban J connectivity index is 1.90. The molecule has 2 rings (SSSR count). The van der Waals surface area contributed by atoms with E-state index in [9.17, 15) is 14.3 Å². The molecule has 1 amide bonds. The number of carbonyl (C=O) groups excluding carboxylic acids is 1. The smallest absolute Gasteiger partial charge is 0.262 e. The number of carbonyl (C=O) groups is 1. The Kier molecular flexibility index (Phi) is 3.97. The number of amides is 1. The van der Waals surface area contributed by atoms with Gasteiger partial charge in [0.15, 0.2) is 18.1 Å². The van der Waals surface area contributed by atoms with E-state index in [1.165, 1.54) is 24.3 Å². The first-order valence-electron chi connectivity index (χ1n) is 5.61. The normalized spacial score (nSPS) is 9.95. The highest BCUT2D eigenvalue weighted by molar-refractivity contribution is 5.91. The number of benzene rings is 2. The Hall–Kier alpha value is -2.56. The van der Waals surface area contributed by atoms with Crippen LogP contribution in [0, 0.1) is 5.82 Å². The number of aromatic hydroxyl groups is 1. The lowest BCUT2D eigenvalue weighted by Crippen LogP contribution is -2.20. The molecule has 98 valence electrons. The van der Waals surface area contributed by atoms with Gasteiger partial charge in [-0.3, -0.25) is 4.79 Å². The van der Waals surface area contributed by atoms with Crippen molar-refractivity contribution in [1.29, 1.82) is 0 Å². The van der Waals surface area contributed by atoms with Gasteiger partial charge in [0.2, 0.25) is 0 Å². The molecule has 4 nitrogen and oxygen atoms in total. The molecule has 0 saturated carbocycles. The number of para-hydroxylation sites is 2. The van der Waals surface area contributed by atoms with Crippen molar-refractivity contribution in [2.24, 2.45) is 0 Å². The Labute approximate surface area is 109 Å². The van der Waals surface area contributed by atoms with Gasteiger partial charge in [-0.1, -0.05) is 18.2 Å². The second kappa shape index (κ2) is 5.86. The van der Waals surface area contributed by atoms with Gasteiger partial charge in [-0.2, -0.15) is 0 Å². The number of rotatable bonds is 4. The highest BCUT2D eigenvalue weighted by Gasteiger charge is 2.06. The van der Waals surface area contributed by atoms with E-state index in [-0.39, 0.29) is 18.1 Å². The van der Waals surface area contributed by atoms with Crippen molar-refractivity contribution < 1.29 is 19.0 Å². The maximum Gasteiger partial charge on any atom is 0.262 e. The van der Waals surface area contributed by atoms with E-state index in [0.717, 1.165) is 0 Å². The summed E-state index contributed by atoms with van der Waals surface area (Å²) in [6.45, 7) is -0.270. The fraction of sp³-hybridized carbons (Fsp3) is 0.0714. The minimum atomic E-state index is -0.436. The summed E-state index contributed by atoms with van der Waals surface area (Å²) in [5.74, 6) is -0.689. The van der Waals surface area contributed by atoms with E-state index in [4.69, 9.17) is 4.74 Å². The molecule has 0 unspecified atom stereocenters. The molecule has 0 aliphatic rings. The number of halogens is 1. The van der Waals surface area contributed by atoms with Gasteiger partial charge < -0.3 is 15.2 Å². The molecular formula is C14H12FNO3. The molecule has 19 heavy (non-hydrogen) atoms. The molecule has 2 aromatic rings. The van der Waals surface area contributed by atoms with Crippen LogP contribution < -0.4 is 10.1 Å². The quantitative estimate of drug-likeness (QED) is 0.889. The first-order chi connectivity index (χ1) is 9.15. The largest absolute Gasteiger partial charge is 0.504 e. The van der Waals surface area contributed by atoms with Crippen molar-refractivity contribution in [3.63, 3.8) is 0 Å². The number of phenols is 1. The zero-order chi connectivity index (χ0) is 13.7. The summed E-state index contributed by atoms with van der Waals surface area (Å²) in [5, 5.41) is 11.9. The van der Waals surface area contributed by atoms with Crippen molar-refractivity contribution in [2.45, 2.75) is 0 Å². The van der Waals surface area contributed by atoms with Gasteiger partial charge in [0.05, 0.1) is 0 Å². The van der Waals surface area contributed by atoms with Gasteiger partial charge in [-0.25, -0.2) is 4.39 Å². The molecule has 5 heteroatoms. The molecule has 0 heterocycles. The van der Waals surface area contributed by atoms with Gasteiger partial charge in [0.25, 0.3) is 5.91 Å². The molecule has 0 radical (unpaired) electrons. The van der Waals surface area contributed by atoms with Crippen LogP contribution in [0.25, 0.3) is 0 Å². The standard InChI is InChI=1S/C14H12FNO3/c15-10-4-3-5-11(8-10)16-14(18)9-19-13-7-2-1-6-12(13)17/h1-8,17H,9H2,(H,16,18). The van der Waals surface area contributed by atoms with Crippen LogP contribution in [-0.4, -0.2) is 17.6 Å². The van der Waals surface area contributed by atoms with Crippen molar-refractivity contribution in [3.05, 3.63) is 54.3 Å². The van der Waals surface area contributed by atoms with Gasteiger partial charge in [-0.15, -0.1) is 0 Å². The molecule has 0 spiro atoms. The fourth-order valence-corrected chi connectivity index (χ4v) is 1.49. The summed E-state index contributed by atoms with van der Waals surface area (Å²) < 4.78 is 18.1. The molecule has 0 aromatic heterocycles. The highest BCUT2D eigenvalue weighted by atomic mass is 19.1. The molecule has 0 bridgehead atoms. The van der Waals surface area contributed by atoms with Crippen LogP contribution >= 0.6 is 0 Å². The highest BCUT2D eigenvalue weighted by Crippen LogP contribution is 2.24. The number of phenolic OH excluding ortho intramolecular Hbond substituents is 1. The Morgan fingerprint density at radius 1 is 1.21 bits per heavy atom. The third kappa shape index (κ3) is 3.70. The van der Waals surface area contributed by atoms with E-state index < -0.39 is 11.7 Å². The summed E-state index contributed by atoms with van der Waals surface area (Å²) in [7, 11) is 0. The average molecular weight is 261 g/mol. The minimum absolute atomic E-state index is 0.0407. The summed E-state index contributed by atoms with van der Waals surface area (Å²) in [6, 6.07) is 11.9. The first-order valence-corrected chi connectivity index (χ1v) is 5.61. The molecule has 0 aliphatic heterocycles. The molecule has 0 fully saturated rings. The van der Waals surface area contributed by atoms with Gasteiger partial charge in [-0.05, 0) is 30.3 Å². The Bertz CT molecular complexity index is 586. The van der Waals surface area contributed by atoms with E-state index in [1.807, 2.05) is 0 Å². The Morgan fingerprint density at radius 3 is 2.74 bits per heavy atom. The monoisotopic (exact) mass is 261 g/mol. The maximum absolute atomic E-state index is 12.9. The van der Waals surface area contributed by atoms with E-state index in [2.05, 4.69) is 5.32 Å². The minimum Gasteiger partial charge on any atom is -0.504 e. The lowest BCUT2D eigenvalue weighted by atomic mass is 10.3. The van der Waals surface area contributed by atoms with Crippen molar-refractivity contribution >= 4 is 11.6 Å². The van der Waals surface area contributed by atoms with Crippen LogP contribution in [0.15, 0.2) is 48.5 Å². The summed E-state index contributed by atoms with van der Waals surface area (Å²) in [5.41, 5.74) is 0.353. The van der Waals surface area contributed by atoms with Crippen molar-refractivity contribution in [2.75, 3.05) is 11.9 Å². The number of hydrogen-bond donors (Lipinski definition) is 2. The number of nitrogens with one attached hydrogen (secondary N) is 1. The molecule has 0 saturated heterocycles. The summed E-state index contributed by atoms with van der Waals surface area (Å²) >= 11 is 0. The van der Waals surface area contributed by atoms with Crippen molar-refractivity contribution in [1.82, 2.24) is 0 Å². The number of hydrogen-bond acceptors (Lipinski definition) is 3. The summed E-state index contributed by atoms with van der Waals surface area (Å²) in [6.07, 6.45) is 0. The average Bonchev–Trinajstić information content (AvgIpc) is 2.38. The summed E-state index contributed by atoms with van der Waals surface area (Å²) in [4.78, 5) is 11.6. The third-order valence-corrected chi connectivity index (χ3v) is 2.33. The predicted molar refractivity (Wildman–Crippen MR) is 68.6 cm³/mol. The predicted octanol–water partition coefficient (Wildman–Crippen LogP) is 2.55. The molecule has 2 aromatic carbocycles. The first kappa shape index (κ1) is 12.9. The second-order valence-corrected chi connectivity index (χ2v) is 3.81. The van der Waals surface area contributed by atoms with E-state index >= 15 is 0 Å². The Morgan fingerprint density at radius 2 is 2.00 bits per heavy atom. The van der Waals surface area contributed by atoms with E-state index in [1.54, 1.807) is 24.3 Å². The fourth-order valence-electron chi connectivity index (χ4n) is 1.49. The van der Waals surface area contributed by atoms with Crippen LogP contribution in [0.1, 0.15) is 0 Å². The molecular weight excluding hydrogens is 249 g/mol.